The van der Waals surface area contributed by atoms with Gasteiger partial charge in [0.15, 0.2) is 0 Å². The molecule has 0 unspecified atom stereocenters. The molecule has 1 N–H and O–H groups in total. The summed E-state index contributed by atoms with van der Waals surface area (Å²) in [5.74, 6) is -1.63. The number of amides is 2. The maximum absolute atomic E-state index is 13.5. The molecular weight excluding hydrogens is 536 g/mol. The molecule has 2 amide bonds. The van der Waals surface area contributed by atoms with Gasteiger partial charge in [0.2, 0.25) is 0 Å². The number of hydrogen-bond acceptors (Lipinski definition) is 4. The molecule has 5 nitrogen and oxygen atoms in total. The smallest absolute Gasteiger partial charge is 0.254 e. The third kappa shape index (κ3) is 2.64. The van der Waals surface area contributed by atoms with Gasteiger partial charge < -0.3 is 5.11 Å². The van der Waals surface area contributed by atoms with Gasteiger partial charge in [0, 0.05) is 11.8 Å². The van der Waals surface area contributed by atoms with E-state index < -0.39 is 11.8 Å². The van der Waals surface area contributed by atoms with Crippen molar-refractivity contribution in [2.24, 2.45) is 16.9 Å². The van der Waals surface area contributed by atoms with Crippen LogP contribution in [0.15, 0.2) is 74.7 Å². The van der Waals surface area contributed by atoms with E-state index >= 15 is 0 Å². The molecule has 4 aliphatic rings. The summed E-state index contributed by atoms with van der Waals surface area (Å²) in [6.45, 7) is 0. The third-order valence-electron chi connectivity index (χ3n) is 6.79. The number of phenolic OH excluding ortho intramolecular Hbond substituents is 1. The van der Waals surface area contributed by atoms with Gasteiger partial charge in [0.1, 0.15) is 5.75 Å². The van der Waals surface area contributed by atoms with Crippen molar-refractivity contribution in [3.8, 4) is 5.75 Å². The molecule has 2 bridgehead atoms. The second kappa shape index (κ2) is 7.12. The highest BCUT2D eigenvalue weighted by molar-refractivity contribution is 9.11. The van der Waals surface area contributed by atoms with Crippen molar-refractivity contribution in [2.45, 2.75) is 11.8 Å². The van der Waals surface area contributed by atoms with Crippen molar-refractivity contribution in [3.05, 3.63) is 97.4 Å². The highest BCUT2D eigenvalue weighted by Crippen LogP contribution is 2.60. The minimum Gasteiger partial charge on any atom is -0.506 e. The second-order valence-corrected chi connectivity index (χ2v) is 10.0. The molecule has 0 spiro atoms. The molecule has 158 valence electrons. The van der Waals surface area contributed by atoms with Gasteiger partial charge in [0.05, 0.1) is 27.0 Å². The molecule has 1 fully saturated rings. The Labute approximate surface area is 201 Å². The zero-order chi connectivity index (χ0) is 22.1. The lowest BCUT2D eigenvalue weighted by Gasteiger charge is -2.45. The van der Waals surface area contributed by atoms with Crippen LogP contribution in [-0.2, 0) is 9.59 Å². The van der Waals surface area contributed by atoms with Crippen LogP contribution in [0.5, 0.6) is 5.75 Å². The summed E-state index contributed by atoms with van der Waals surface area (Å²) in [6, 6.07) is 19.6. The highest BCUT2D eigenvalue weighted by Gasteiger charge is 2.61. The van der Waals surface area contributed by atoms with Crippen molar-refractivity contribution in [3.63, 3.8) is 0 Å². The van der Waals surface area contributed by atoms with E-state index in [1.165, 1.54) is 6.21 Å². The largest absolute Gasteiger partial charge is 0.506 e. The summed E-state index contributed by atoms with van der Waals surface area (Å²) >= 11 is 6.58. The Morgan fingerprint density at radius 1 is 0.781 bits per heavy atom. The van der Waals surface area contributed by atoms with Crippen molar-refractivity contribution < 1.29 is 14.7 Å². The van der Waals surface area contributed by atoms with Crippen LogP contribution >= 0.6 is 31.9 Å². The Balaban J connectivity index is 1.43. The highest BCUT2D eigenvalue weighted by atomic mass is 79.9. The van der Waals surface area contributed by atoms with Gasteiger partial charge in [-0.1, -0.05) is 48.5 Å². The number of nitrogens with zero attached hydrogens (tertiary/aromatic N) is 2. The average Bonchev–Trinajstić information content (AvgIpc) is 3.06. The van der Waals surface area contributed by atoms with E-state index in [0.717, 1.165) is 27.3 Å². The van der Waals surface area contributed by atoms with E-state index in [1.54, 1.807) is 12.1 Å². The van der Waals surface area contributed by atoms with Gasteiger partial charge in [0.25, 0.3) is 11.8 Å². The number of carbonyl (C=O) groups excluding carboxylic acids is 2. The predicted molar refractivity (Wildman–Crippen MR) is 127 cm³/mol. The summed E-state index contributed by atoms with van der Waals surface area (Å²) in [6.07, 6.45) is 1.48. The quantitative estimate of drug-likeness (QED) is 0.354. The lowest BCUT2D eigenvalue weighted by atomic mass is 9.55. The van der Waals surface area contributed by atoms with Crippen LogP contribution < -0.4 is 0 Å². The number of halogens is 2. The first-order valence-corrected chi connectivity index (χ1v) is 11.8. The molecule has 1 saturated heterocycles. The molecular formula is C25H16Br2N2O3. The molecule has 3 aromatic rings. The zero-order valence-electron chi connectivity index (χ0n) is 16.6. The number of benzene rings is 3. The molecule has 3 aliphatic carbocycles. The van der Waals surface area contributed by atoms with E-state index in [0.29, 0.717) is 14.5 Å². The predicted octanol–water partition coefficient (Wildman–Crippen LogP) is 5.14. The number of hydrazone groups is 1. The first kappa shape index (κ1) is 19.9. The third-order valence-corrected chi connectivity index (χ3v) is 8.00. The minimum absolute atomic E-state index is 0.0774. The molecule has 2 atom stereocenters. The van der Waals surface area contributed by atoms with Crippen LogP contribution in [0.25, 0.3) is 0 Å². The molecule has 7 heteroatoms. The monoisotopic (exact) mass is 550 g/mol. The van der Waals surface area contributed by atoms with Gasteiger partial charge in [-0.2, -0.15) is 10.1 Å². The number of phenols is 1. The summed E-state index contributed by atoms with van der Waals surface area (Å²) < 4.78 is 0.982. The summed E-state index contributed by atoms with van der Waals surface area (Å²) in [7, 11) is 0. The number of rotatable bonds is 2. The molecule has 7 rings (SSSR count). The summed E-state index contributed by atoms with van der Waals surface area (Å²) in [4.78, 5) is 27.0. The Kier molecular flexibility index (Phi) is 4.42. The Morgan fingerprint density at radius 2 is 1.19 bits per heavy atom. The maximum Gasteiger partial charge on any atom is 0.254 e. The van der Waals surface area contributed by atoms with E-state index in [1.807, 2.05) is 24.3 Å². The normalized spacial score (nSPS) is 25.2. The summed E-state index contributed by atoms with van der Waals surface area (Å²) in [5.41, 5.74) is 5.19. The SMILES string of the molecule is O=C1[C@H]2C3c4ccccc4C(c4ccccc43)[C@@H]2C(=O)N1/N=C\c1cc(Br)c(O)c(Br)c1. The van der Waals surface area contributed by atoms with Gasteiger partial charge in [-0.25, -0.2) is 0 Å². The van der Waals surface area contributed by atoms with Gasteiger partial charge in [-0.3, -0.25) is 9.59 Å². The van der Waals surface area contributed by atoms with Crippen molar-refractivity contribution in [2.75, 3.05) is 0 Å². The second-order valence-electron chi connectivity index (χ2n) is 8.33. The van der Waals surface area contributed by atoms with Gasteiger partial charge >= 0.3 is 0 Å². The Hall–Kier alpha value is -2.77. The number of carbonyl (C=O) groups is 2. The van der Waals surface area contributed by atoms with Crippen molar-refractivity contribution in [1.82, 2.24) is 5.01 Å². The van der Waals surface area contributed by atoms with E-state index in [9.17, 15) is 14.7 Å². The fourth-order valence-corrected chi connectivity index (χ4v) is 6.78. The number of hydrogen-bond donors (Lipinski definition) is 1. The molecule has 1 aliphatic heterocycles. The number of aromatic hydroxyl groups is 1. The average molecular weight is 552 g/mol. The minimum atomic E-state index is -0.451. The topological polar surface area (TPSA) is 70.0 Å². The molecule has 1 heterocycles. The number of imide groups is 1. The Bertz CT molecular complexity index is 1210. The maximum atomic E-state index is 13.5. The van der Waals surface area contributed by atoms with Crippen LogP contribution in [0, 0.1) is 11.8 Å². The first-order valence-electron chi connectivity index (χ1n) is 10.2. The lowest BCUT2D eigenvalue weighted by Crippen LogP contribution is -2.41. The lowest BCUT2D eigenvalue weighted by molar-refractivity contribution is -0.139. The van der Waals surface area contributed by atoms with Crippen LogP contribution in [0.3, 0.4) is 0 Å². The van der Waals surface area contributed by atoms with E-state index in [2.05, 4.69) is 61.2 Å². The van der Waals surface area contributed by atoms with Crippen molar-refractivity contribution >= 4 is 49.9 Å². The van der Waals surface area contributed by atoms with Crippen LogP contribution in [-0.4, -0.2) is 28.1 Å². The molecule has 3 aromatic carbocycles. The van der Waals surface area contributed by atoms with E-state index in [4.69, 9.17) is 0 Å². The standard InChI is InChI=1S/C25H16Br2N2O3/c26-17-9-12(10-18(27)23(17)30)11-28-29-24(31)21-19-13-5-1-2-6-14(13)20(22(21)25(29)32)16-8-4-3-7-15(16)19/h1-11,19-22,30H/b28-11-/t19?,20?,21-,22-/m0/s1. The van der Waals surface area contributed by atoms with Crippen LogP contribution in [0.2, 0.25) is 0 Å². The molecule has 0 saturated carbocycles. The van der Waals surface area contributed by atoms with Crippen LogP contribution in [0.4, 0.5) is 0 Å². The molecule has 0 aromatic heterocycles. The van der Waals surface area contributed by atoms with Crippen molar-refractivity contribution in [1.29, 1.82) is 0 Å². The fourth-order valence-electron chi connectivity index (χ4n) is 5.56. The fraction of sp³-hybridized carbons (Fsp3) is 0.160. The Morgan fingerprint density at radius 3 is 1.59 bits per heavy atom. The molecule has 32 heavy (non-hydrogen) atoms. The summed E-state index contributed by atoms with van der Waals surface area (Å²) in [5, 5.41) is 15.3. The first-order chi connectivity index (χ1) is 15.5. The van der Waals surface area contributed by atoms with Crippen LogP contribution in [0.1, 0.15) is 39.7 Å². The zero-order valence-corrected chi connectivity index (χ0v) is 19.7. The van der Waals surface area contributed by atoms with Gasteiger partial charge in [-0.15, -0.1) is 0 Å². The van der Waals surface area contributed by atoms with Gasteiger partial charge in [-0.05, 0) is 71.8 Å². The van der Waals surface area contributed by atoms with E-state index in [-0.39, 0.29) is 29.4 Å². The molecule has 0 radical (unpaired) electrons.